The molecule has 0 aromatic carbocycles. The Kier molecular flexibility index (Phi) is 4.60. The molecule has 0 rings (SSSR count). The molecule has 0 amide bonds. The van der Waals surface area contributed by atoms with Crippen molar-refractivity contribution in [2.75, 3.05) is 0 Å². The number of hydrogen-bond donors (Lipinski definition) is 0. The summed E-state index contributed by atoms with van der Waals surface area (Å²) in [6, 6.07) is 0. The Bertz CT molecular complexity index is 354. The van der Waals surface area contributed by atoms with Gasteiger partial charge in [0, 0.05) is 0 Å². The van der Waals surface area contributed by atoms with Crippen LogP contribution in [0.2, 0.25) is 0 Å². The lowest BCUT2D eigenvalue weighted by Gasteiger charge is -2.19. The third-order valence-corrected chi connectivity index (χ3v) is 1.54. The minimum Gasteiger partial charge on any atom is -0.415 e. The van der Waals surface area contributed by atoms with E-state index >= 15 is 0 Å². The summed E-state index contributed by atoms with van der Waals surface area (Å²) in [6.07, 6.45) is 7.68. The van der Waals surface area contributed by atoms with E-state index in [-0.39, 0.29) is 0 Å². The molecule has 92 valence electrons. The third-order valence-electron chi connectivity index (χ3n) is 1.54. The lowest BCUT2D eigenvalue weighted by Crippen LogP contribution is -2.31. The van der Waals surface area contributed by atoms with E-state index in [4.69, 9.17) is 12.8 Å². The van der Waals surface area contributed by atoms with Crippen LogP contribution in [0.5, 0.6) is 0 Å². The molecule has 0 bridgehead atoms. The van der Waals surface area contributed by atoms with Crippen LogP contribution < -0.4 is 0 Å². The molecule has 0 fully saturated rings. The fraction of sp³-hybridized carbons (Fsp3) is 0.500. The Balaban J connectivity index is 4.31. The van der Waals surface area contributed by atoms with Gasteiger partial charge in [-0.25, -0.2) is 9.59 Å². The van der Waals surface area contributed by atoms with Crippen LogP contribution >= 0.6 is 0 Å². The van der Waals surface area contributed by atoms with Crippen molar-refractivity contribution in [3.63, 3.8) is 0 Å². The van der Waals surface area contributed by atoms with Crippen molar-refractivity contribution >= 4 is 12.3 Å². The normalized spacial score (nSPS) is 10.7. The minimum absolute atomic E-state index is 1.17. The molecule has 0 aliphatic rings. The summed E-state index contributed by atoms with van der Waals surface area (Å²) in [4.78, 5) is 22.2. The smallest absolute Gasteiger partial charge is 0.415 e. The number of ether oxygens (including phenoxy) is 3. The molecule has 0 N–H and O–H groups in total. The standard InChI is InChI=1S/C12H14O5/c1-7-11(3,4)16-9(13)15-10(14)17-12(5,6)8-2/h1-2H,3-6H3. The molecule has 0 aromatic heterocycles. The third kappa shape index (κ3) is 6.11. The van der Waals surface area contributed by atoms with Gasteiger partial charge in [0.25, 0.3) is 0 Å². The Morgan fingerprint density at radius 3 is 1.41 bits per heavy atom. The summed E-state index contributed by atoms with van der Waals surface area (Å²) >= 11 is 0. The molecule has 5 nitrogen and oxygen atoms in total. The summed E-state index contributed by atoms with van der Waals surface area (Å²) in [7, 11) is 0. The van der Waals surface area contributed by atoms with E-state index in [1.165, 1.54) is 27.7 Å². The zero-order valence-electron chi connectivity index (χ0n) is 10.2. The van der Waals surface area contributed by atoms with Gasteiger partial charge in [0.2, 0.25) is 0 Å². The van der Waals surface area contributed by atoms with Gasteiger partial charge in [-0.05, 0) is 27.7 Å². The van der Waals surface area contributed by atoms with E-state index in [1.807, 2.05) is 0 Å². The van der Waals surface area contributed by atoms with Crippen LogP contribution in [0.3, 0.4) is 0 Å². The Labute approximate surface area is 100 Å². The van der Waals surface area contributed by atoms with Crippen LogP contribution in [-0.2, 0) is 14.2 Å². The van der Waals surface area contributed by atoms with Crippen molar-refractivity contribution in [1.29, 1.82) is 0 Å². The molecule has 17 heavy (non-hydrogen) atoms. The Morgan fingerprint density at radius 1 is 0.882 bits per heavy atom. The molecular formula is C12H14O5. The molecule has 0 aromatic rings. The van der Waals surface area contributed by atoms with Gasteiger partial charge in [0.15, 0.2) is 11.2 Å². The summed E-state index contributed by atoms with van der Waals surface area (Å²) < 4.78 is 13.5. The Hall–Kier alpha value is -2.14. The van der Waals surface area contributed by atoms with Gasteiger partial charge in [0.05, 0.1) is 0 Å². The number of hydrogen-bond acceptors (Lipinski definition) is 5. The molecule has 0 heterocycles. The summed E-state index contributed by atoms with van der Waals surface area (Å²) in [5, 5.41) is 0. The molecule has 0 unspecified atom stereocenters. The van der Waals surface area contributed by atoms with Crippen molar-refractivity contribution in [1.82, 2.24) is 0 Å². The number of carbonyl (C=O) groups is 2. The predicted octanol–water partition coefficient (Wildman–Crippen LogP) is 2.10. The van der Waals surface area contributed by atoms with E-state index in [0.29, 0.717) is 0 Å². The minimum atomic E-state index is -1.24. The Morgan fingerprint density at radius 2 is 1.18 bits per heavy atom. The fourth-order valence-corrected chi connectivity index (χ4v) is 0.585. The second-order valence-corrected chi connectivity index (χ2v) is 4.12. The molecule has 0 saturated heterocycles. The van der Waals surface area contributed by atoms with Gasteiger partial charge in [-0.1, -0.05) is 11.8 Å². The molecule has 0 atom stereocenters. The van der Waals surface area contributed by atoms with Gasteiger partial charge < -0.3 is 14.2 Å². The maximum absolute atomic E-state index is 11.1. The van der Waals surface area contributed by atoms with Gasteiger partial charge in [-0.2, -0.15) is 0 Å². The summed E-state index contributed by atoms with van der Waals surface area (Å²) in [6.45, 7) is 5.85. The first-order valence-corrected chi connectivity index (χ1v) is 4.71. The van der Waals surface area contributed by atoms with Crippen molar-refractivity contribution in [3.05, 3.63) is 0 Å². The molecule has 0 aliphatic heterocycles. The first-order valence-electron chi connectivity index (χ1n) is 4.71. The van der Waals surface area contributed by atoms with Gasteiger partial charge >= 0.3 is 12.3 Å². The van der Waals surface area contributed by atoms with Crippen molar-refractivity contribution in [2.24, 2.45) is 0 Å². The van der Waals surface area contributed by atoms with E-state index in [1.54, 1.807) is 0 Å². The van der Waals surface area contributed by atoms with Crippen molar-refractivity contribution in [3.8, 4) is 24.7 Å². The highest BCUT2D eigenvalue weighted by atomic mass is 16.8. The van der Waals surface area contributed by atoms with Crippen LogP contribution in [0, 0.1) is 24.7 Å². The molecular weight excluding hydrogens is 224 g/mol. The molecule has 0 aliphatic carbocycles. The first kappa shape index (κ1) is 14.9. The highest BCUT2D eigenvalue weighted by molar-refractivity contribution is 5.77. The highest BCUT2D eigenvalue weighted by Crippen LogP contribution is 2.11. The quantitative estimate of drug-likeness (QED) is 0.419. The molecule has 0 radical (unpaired) electrons. The van der Waals surface area contributed by atoms with Crippen LogP contribution in [0.25, 0.3) is 0 Å². The molecule has 0 saturated carbocycles. The van der Waals surface area contributed by atoms with Crippen LogP contribution in [0.1, 0.15) is 27.7 Å². The van der Waals surface area contributed by atoms with Crippen LogP contribution in [0.4, 0.5) is 9.59 Å². The largest absolute Gasteiger partial charge is 0.520 e. The zero-order valence-corrected chi connectivity index (χ0v) is 10.2. The fourth-order valence-electron chi connectivity index (χ4n) is 0.585. The summed E-state index contributed by atoms with van der Waals surface area (Å²) in [5.41, 5.74) is -2.34. The highest BCUT2D eigenvalue weighted by Gasteiger charge is 2.26. The monoisotopic (exact) mass is 238 g/mol. The molecule has 5 heteroatoms. The average molecular weight is 238 g/mol. The maximum Gasteiger partial charge on any atom is 0.520 e. The van der Waals surface area contributed by atoms with Crippen molar-refractivity contribution in [2.45, 2.75) is 38.9 Å². The van der Waals surface area contributed by atoms with Gasteiger partial charge in [-0.3, -0.25) is 0 Å². The number of carbonyl (C=O) groups excluding carboxylic acids is 2. The van der Waals surface area contributed by atoms with Gasteiger partial charge in [0.1, 0.15) is 0 Å². The van der Waals surface area contributed by atoms with Crippen LogP contribution in [-0.4, -0.2) is 23.5 Å². The van der Waals surface area contributed by atoms with E-state index in [0.717, 1.165) is 0 Å². The lowest BCUT2D eigenvalue weighted by atomic mass is 10.2. The first-order chi connectivity index (χ1) is 7.62. The number of rotatable bonds is 2. The molecule has 0 spiro atoms. The van der Waals surface area contributed by atoms with Crippen LogP contribution in [0.15, 0.2) is 0 Å². The summed E-state index contributed by atoms with van der Waals surface area (Å²) in [5.74, 6) is 4.39. The topological polar surface area (TPSA) is 61.8 Å². The van der Waals surface area contributed by atoms with E-state index in [2.05, 4.69) is 26.1 Å². The number of terminal acetylenes is 2. The maximum atomic E-state index is 11.1. The SMILES string of the molecule is C#CC(C)(C)OC(=O)OC(=O)OC(C)(C)C#C. The van der Waals surface area contributed by atoms with E-state index < -0.39 is 23.5 Å². The second-order valence-electron chi connectivity index (χ2n) is 4.12. The zero-order chi connectivity index (χ0) is 13.7. The lowest BCUT2D eigenvalue weighted by molar-refractivity contribution is -0.0122. The average Bonchev–Trinajstić information content (AvgIpc) is 2.15. The second kappa shape index (κ2) is 5.27. The van der Waals surface area contributed by atoms with Crippen molar-refractivity contribution < 1.29 is 23.8 Å². The van der Waals surface area contributed by atoms with E-state index in [9.17, 15) is 9.59 Å². The predicted molar refractivity (Wildman–Crippen MR) is 59.9 cm³/mol. The van der Waals surface area contributed by atoms with Gasteiger partial charge in [-0.15, -0.1) is 12.8 Å².